The van der Waals surface area contributed by atoms with E-state index >= 15 is 0 Å². The van der Waals surface area contributed by atoms with E-state index in [-0.39, 0.29) is 29.3 Å². The second-order valence-corrected chi connectivity index (χ2v) is 8.21. The fraction of sp³-hybridized carbons (Fsp3) is 0.154. The SMILES string of the molecule is CCOc1cc(/C=C(\C#N)C(=O)Nc2cc([N+](=O)[O-])ccc2OC)ccc1OCc1c(Cl)cccc1Cl. The molecule has 0 atom stereocenters. The highest BCUT2D eigenvalue weighted by Crippen LogP contribution is 2.33. The van der Waals surface area contributed by atoms with Crippen molar-refractivity contribution in [2.75, 3.05) is 19.0 Å². The lowest BCUT2D eigenvalue weighted by molar-refractivity contribution is -0.384. The van der Waals surface area contributed by atoms with Crippen molar-refractivity contribution < 1.29 is 23.9 Å². The molecule has 0 aliphatic heterocycles. The fourth-order valence-corrected chi connectivity index (χ4v) is 3.74. The maximum atomic E-state index is 12.8. The number of ether oxygens (including phenoxy) is 3. The number of non-ortho nitro benzene ring substituents is 1. The monoisotopic (exact) mass is 541 g/mol. The lowest BCUT2D eigenvalue weighted by Crippen LogP contribution is -2.14. The van der Waals surface area contributed by atoms with Crippen LogP contribution in [0.4, 0.5) is 11.4 Å². The molecule has 11 heteroatoms. The van der Waals surface area contributed by atoms with Gasteiger partial charge in [0.2, 0.25) is 0 Å². The summed E-state index contributed by atoms with van der Waals surface area (Å²) in [4.78, 5) is 23.3. The highest BCUT2D eigenvalue weighted by molar-refractivity contribution is 6.35. The van der Waals surface area contributed by atoms with E-state index in [0.717, 1.165) is 6.07 Å². The van der Waals surface area contributed by atoms with Crippen molar-refractivity contribution in [3.05, 3.63) is 91.5 Å². The standard InChI is InChI=1S/C26H21Cl2N3O6/c1-3-36-25-12-16(7-9-24(25)37-15-19-20(27)5-4-6-21(19)28)11-17(14-29)26(32)30-22-13-18(31(33)34)8-10-23(22)35-2/h4-13H,3,15H2,1-2H3,(H,30,32)/b17-11+. The smallest absolute Gasteiger partial charge is 0.271 e. The van der Waals surface area contributed by atoms with Gasteiger partial charge in [0.15, 0.2) is 11.5 Å². The van der Waals surface area contributed by atoms with Crippen LogP contribution in [0.5, 0.6) is 17.2 Å². The molecule has 1 N–H and O–H groups in total. The van der Waals surface area contributed by atoms with Gasteiger partial charge in [0.25, 0.3) is 11.6 Å². The van der Waals surface area contributed by atoms with Crippen molar-refractivity contribution >= 4 is 46.6 Å². The third kappa shape index (κ3) is 6.91. The lowest BCUT2D eigenvalue weighted by Gasteiger charge is -2.14. The molecule has 9 nitrogen and oxygen atoms in total. The van der Waals surface area contributed by atoms with Crippen LogP contribution in [0.1, 0.15) is 18.1 Å². The summed E-state index contributed by atoms with van der Waals surface area (Å²) >= 11 is 12.4. The molecular weight excluding hydrogens is 521 g/mol. The van der Waals surface area contributed by atoms with Crippen molar-refractivity contribution in [2.24, 2.45) is 0 Å². The summed E-state index contributed by atoms with van der Waals surface area (Å²) in [6.45, 7) is 2.25. The Labute approximate surface area is 222 Å². The number of hydrogen-bond donors (Lipinski definition) is 1. The second kappa shape index (κ2) is 12.6. The molecule has 0 saturated heterocycles. The highest BCUT2D eigenvalue weighted by Gasteiger charge is 2.17. The number of rotatable bonds is 10. The Morgan fingerprint density at radius 2 is 1.78 bits per heavy atom. The minimum absolute atomic E-state index is 0.0554. The molecule has 0 saturated carbocycles. The van der Waals surface area contributed by atoms with Gasteiger partial charge in [0.05, 0.1) is 24.3 Å². The third-order valence-electron chi connectivity index (χ3n) is 5.02. The number of nitro benzene ring substituents is 1. The van der Waals surface area contributed by atoms with Crippen molar-refractivity contribution in [3.8, 4) is 23.3 Å². The molecule has 3 aromatic carbocycles. The molecule has 0 unspecified atom stereocenters. The van der Waals surface area contributed by atoms with Gasteiger partial charge in [0.1, 0.15) is 24.0 Å². The number of hydrogen-bond acceptors (Lipinski definition) is 7. The second-order valence-electron chi connectivity index (χ2n) is 7.39. The first kappa shape index (κ1) is 27.3. The number of benzene rings is 3. The van der Waals surface area contributed by atoms with Gasteiger partial charge >= 0.3 is 0 Å². The van der Waals surface area contributed by atoms with Crippen LogP contribution in [0.3, 0.4) is 0 Å². The van der Waals surface area contributed by atoms with Crippen molar-refractivity contribution in [1.82, 2.24) is 0 Å². The first-order valence-electron chi connectivity index (χ1n) is 10.9. The third-order valence-corrected chi connectivity index (χ3v) is 5.73. The summed E-state index contributed by atoms with van der Waals surface area (Å²) in [5.74, 6) is 0.236. The van der Waals surface area contributed by atoms with Gasteiger partial charge in [-0.15, -0.1) is 0 Å². The first-order chi connectivity index (χ1) is 17.8. The Bertz CT molecular complexity index is 1380. The minimum atomic E-state index is -0.770. The average Bonchev–Trinajstić information content (AvgIpc) is 2.88. The highest BCUT2D eigenvalue weighted by atomic mass is 35.5. The number of nitriles is 1. The Morgan fingerprint density at radius 1 is 1.08 bits per heavy atom. The predicted molar refractivity (Wildman–Crippen MR) is 140 cm³/mol. The summed E-state index contributed by atoms with van der Waals surface area (Å²) < 4.78 is 16.7. The largest absolute Gasteiger partial charge is 0.495 e. The Kier molecular flexibility index (Phi) is 9.33. The van der Waals surface area contributed by atoms with Gasteiger partial charge in [-0.3, -0.25) is 14.9 Å². The maximum Gasteiger partial charge on any atom is 0.271 e. The molecule has 3 aromatic rings. The van der Waals surface area contributed by atoms with Crippen LogP contribution in [-0.2, 0) is 11.4 Å². The number of carbonyl (C=O) groups is 1. The predicted octanol–water partition coefficient (Wildman–Crippen LogP) is 6.43. The van der Waals surface area contributed by atoms with Gasteiger partial charge in [-0.25, -0.2) is 0 Å². The molecule has 0 heterocycles. The van der Waals surface area contributed by atoms with E-state index in [9.17, 15) is 20.2 Å². The van der Waals surface area contributed by atoms with E-state index in [1.807, 2.05) is 6.07 Å². The van der Waals surface area contributed by atoms with Crippen LogP contribution in [0, 0.1) is 21.4 Å². The number of nitro groups is 1. The zero-order chi connectivity index (χ0) is 26.9. The minimum Gasteiger partial charge on any atom is -0.495 e. The molecular formula is C26H21Cl2N3O6. The molecule has 0 spiro atoms. The fourth-order valence-electron chi connectivity index (χ4n) is 3.23. The van der Waals surface area contributed by atoms with E-state index in [4.69, 9.17) is 37.4 Å². The number of methoxy groups -OCH3 is 1. The molecule has 0 fully saturated rings. The Balaban J connectivity index is 1.85. The first-order valence-corrected chi connectivity index (χ1v) is 11.6. The Hall–Kier alpha value is -4.26. The number of nitrogens with one attached hydrogen (secondary N) is 1. The zero-order valence-electron chi connectivity index (χ0n) is 19.8. The summed E-state index contributed by atoms with van der Waals surface area (Å²) in [6, 6.07) is 15.6. The van der Waals surface area contributed by atoms with Crippen molar-refractivity contribution in [2.45, 2.75) is 13.5 Å². The number of nitrogens with zero attached hydrogens (tertiary/aromatic N) is 2. The molecule has 3 rings (SSSR count). The van der Waals surface area contributed by atoms with E-state index in [0.29, 0.717) is 39.3 Å². The van der Waals surface area contributed by atoms with Gasteiger partial charge in [-0.2, -0.15) is 5.26 Å². The summed E-state index contributed by atoms with van der Waals surface area (Å²) in [5.41, 5.74) is 0.683. The molecule has 0 radical (unpaired) electrons. The topological polar surface area (TPSA) is 124 Å². The number of halogens is 2. The van der Waals surface area contributed by atoms with Crippen LogP contribution >= 0.6 is 23.2 Å². The average molecular weight is 542 g/mol. The summed E-state index contributed by atoms with van der Waals surface area (Å²) in [6.07, 6.45) is 1.36. The van der Waals surface area contributed by atoms with Crippen LogP contribution in [-0.4, -0.2) is 24.5 Å². The molecule has 0 aliphatic carbocycles. The van der Waals surface area contributed by atoms with Crippen LogP contribution in [0.15, 0.2) is 60.2 Å². The van der Waals surface area contributed by atoms with E-state index < -0.39 is 10.8 Å². The van der Waals surface area contributed by atoms with E-state index in [2.05, 4.69) is 5.32 Å². The van der Waals surface area contributed by atoms with E-state index in [1.54, 1.807) is 43.3 Å². The molecule has 37 heavy (non-hydrogen) atoms. The van der Waals surface area contributed by atoms with Crippen LogP contribution < -0.4 is 19.5 Å². The normalized spacial score (nSPS) is 10.8. The number of carbonyl (C=O) groups excluding carboxylic acids is 1. The zero-order valence-corrected chi connectivity index (χ0v) is 21.3. The van der Waals surface area contributed by atoms with Gasteiger partial charge in [-0.1, -0.05) is 35.3 Å². The number of anilines is 1. The lowest BCUT2D eigenvalue weighted by atomic mass is 10.1. The summed E-state index contributed by atoms with van der Waals surface area (Å²) in [5, 5.41) is 24.1. The molecule has 0 bridgehead atoms. The molecule has 190 valence electrons. The molecule has 1 amide bonds. The van der Waals surface area contributed by atoms with Crippen LogP contribution in [0.2, 0.25) is 10.0 Å². The number of amides is 1. The van der Waals surface area contributed by atoms with Crippen LogP contribution in [0.25, 0.3) is 6.08 Å². The van der Waals surface area contributed by atoms with Gasteiger partial charge < -0.3 is 19.5 Å². The Morgan fingerprint density at radius 3 is 2.41 bits per heavy atom. The quantitative estimate of drug-likeness (QED) is 0.135. The van der Waals surface area contributed by atoms with Gasteiger partial charge in [-0.05, 0) is 48.9 Å². The van der Waals surface area contributed by atoms with E-state index in [1.165, 1.54) is 25.3 Å². The molecule has 0 aliphatic rings. The maximum absolute atomic E-state index is 12.8. The van der Waals surface area contributed by atoms with Crippen molar-refractivity contribution in [1.29, 1.82) is 5.26 Å². The molecule has 0 aromatic heterocycles. The van der Waals surface area contributed by atoms with Gasteiger partial charge in [0, 0.05) is 27.7 Å². The van der Waals surface area contributed by atoms with Crippen molar-refractivity contribution in [3.63, 3.8) is 0 Å². The summed E-state index contributed by atoms with van der Waals surface area (Å²) in [7, 11) is 1.36.